The summed E-state index contributed by atoms with van der Waals surface area (Å²) in [5, 5.41) is 2.88. The standard InChI is InChI=1S/C19H32N2O/c1-2-3-4-5-6-7-8-9-10-11-12-15-19(22)21-18-14-13-16-20-17-18/h13-14,16-17H,2-12,15H2,1H3,(H,21,22). The van der Waals surface area contributed by atoms with Crippen molar-refractivity contribution in [2.75, 3.05) is 5.32 Å². The molecule has 0 spiro atoms. The highest BCUT2D eigenvalue weighted by Crippen LogP contribution is 2.12. The van der Waals surface area contributed by atoms with Crippen LogP contribution in [-0.2, 0) is 4.79 Å². The number of carbonyl (C=O) groups excluding carboxylic acids is 1. The molecule has 0 fully saturated rings. The van der Waals surface area contributed by atoms with Crippen LogP contribution in [0.5, 0.6) is 0 Å². The second kappa shape index (κ2) is 13.3. The van der Waals surface area contributed by atoms with Crippen LogP contribution in [0.1, 0.15) is 84.0 Å². The third-order valence-electron chi connectivity index (χ3n) is 3.95. The molecule has 0 saturated heterocycles. The molecule has 1 aromatic heterocycles. The van der Waals surface area contributed by atoms with Crippen molar-refractivity contribution >= 4 is 11.6 Å². The molecule has 1 heterocycles. The molecule has 0 bridgehead atoms. The van der Waals surface area contributed by atoms with E-state index in [0.717, 1.165) is 18.5 Å². The maximum Gasteiger partial charge on any atom is 0.224 e. The van der Waals surface area contributed by atoms with Crippen LogP contribution < -0.4 is 5.32 Å². The van der Waals surface area contributed by atoms with E-state index in [1.807, 2.05) is 12.1 Å². The Balaban J connectivity index is 1.86. The van der Waals surface area contributed by atoms with Gasteiger partial charge in [0.05, 0.1) is 11.9 Å². The monoisotopic (exact) mass is 304 g/mol. The van der Waals surface area contributed by atoms with Crippen LogP contribution in [0.3, 0.4) is 0 Å². The molecule has 0 aliphatic heterocycles. The molecule has 0 saturated carbocycles. The van der Waals surface area contributed by atoms with Gasteiger partial charge >= 0.3 is 0 Å². The van der Waals surface area contributed by atoms with E-state index in [4.69, 9.17) is 0 Å². The van der Waals surface area contributed by atoms with Crippen LogP contribution in [-0.4, -0.2) is 10.9 Å². The van der Waals surface area contributed by atoms with Crippen LogP contribution in [0.25, 0.3) is 0 Å². The highest BCUT2D eigenvalue weighted by atomic mass is 16.1. The summed E-state index contributed by atoms with van der Waals surface area (Å²) in [6.07, 6.45) is 18.4. The molecule has 3 heteroatoms. The van der Waals surface area contributed by atoms with Crippen molar-refractivity contribution in [2.45, 2.75) is 84.0 Å². The highest BCUT2D eigenvalue weighted by Gasteiger charge is 2.01. The van der Waals surface area contributed by atoms with Crippen LogP contribution in [0, 0.1) is 0 Å². The third kappa shape index (κ3) is 10.4. The van der Waals surface area contributed by atoms with Gasteiger partial charge in [-0.15, -0.1) is 0 Å². The van der Waals surface area contributed by atoms with Gasteiger partial charge in [0.15, 0.2) is 0 Å². The lowest BCUT2D eigenvalue weighted by Gasteiger charge is -2.05. The lowest BCUT2D eigenvalue weighted by molar-refractivity contribution is -0.116. The Morgan fingerprint density at radius 3 is 2.09 bits per heavy atom. The van der Waals surface area contributed by atoms with Gasteiger partial charge < -0.3 is 5.32 Å². The third-order valence-corrected chi connectivity index (χ3v) is 3.95. The predicted octanol–water partition coefficient (Wildman–Crippen LogP) is 5.72. The lowest BCUT2D eigenvalue weighted by Crippen LogP contribution is -2.11. The molecular weight excluding hydrogens is 272 g/mol. The molecule has 22 heavy (non-hydrogen) atoms. The molecule has 0 radical (unpaired) electrons. The molecular formula is C19H32N2O. The molecule has 1 amide bonds. The van der Waals surface area contributed by atoms with E-state index in [-0.39, 0.29) is 5.91 Å². The summed E-state index contributed by atoms with van der Waals surface area (Å²) in [6.45, 7) is 2.26. The Hall–Kier alpha value is -1.38. The number of nitrogens with one attached hydrogen (secondary N) is 1. The molecule has 0 unspecified atom stereocenters. The summed E-state index contributed by atoms with van der Waals surface area (Å²) in [4.78, 5) is 15.7. The minimum atomic E-state index is 0.101. The minimum Gasteiger partial charge on any atom is -0.325 e. The van der Waals surface area contributed by atoms with E-state index in [1.165, 1.54) is 57.8 Å². The summed E-state index contributed by atoms with van der Waals surface area (Å²) in [6, 6.07) is 3.70. The maximum absolute atomic E-state index is 11.7. The van der Waals surface area contributed by atoms with Crippen molar-refractivity contribution in [3.63, 3.8) is 0 Å². The van der Waals surface area contributed by atoms with Gasteiger partial charge in [-0.1, -0.05) is 71.1 Å². The van der Waals surface area contributed by atoms with Crippen LogP contribution >= 0.6 is 0 Å². The zero-order valence-electron chi connectivity index (χ0n) is 14.2. The molecule has 1 aromatic rings. The molecule has 3 nitrogen and oxygen atoms in total. The van der Waals surface area contributed by atoms with E-state index >= 15 is 0 Å². The summed E-state index contributed by atoms with van der Waals surface area (Å²) in [7, 11) is 0. The van der Waals surface area contributed by atoms with Gasteiger partial charge in [0.1, 0.15) is 0 Å². The van der Waals surface area contributed by atoms with Crippen LogP contribution in [0.4, 0.5) is 5.69 Å². The number of nitrogens with zero attached hydrogens (tertiary/aromatic N) is 1. The molecule has 0 aromatic carbocycles. The van der Waals surface area contributed by atoms with Gasteiger partial charge in [-0.2, -0.15) is 0 Å². The Kier molecular flexibility index (Phi) is 11.3. The SMILES string of the molecule is CCCCCCCCCCCCCC(=O)Nc1cccnc1. The first-order valence-corrected chi connectivity index (χ1v) is 9.03. The number of unbranched alkanes of at least 4 members (excludes halogenated alkanes) is 10. The number of amides is 1. The van der Waals surface area contributed by atoms with E-state index < -0.39 is 0 Å². The van der Waals surface area contributed by atoms with Gasteiger partial charge in [0, 0.05) is 12.6 Å². The first-order valence-electron chi connectivity index (χ1n) is 9.03. The van der Waals surface area contributed by atoms with E-state index in [1.54, 1.807) is 12.4 Å². The molecule has 0 aliphatic rings. The average molecular weight is 304 g/mol. The van der Waals surface area contributed by atoms with Crippen molar-refractivity contribution in [1.29, 1.82) is 0 Å². The summed E-state index contributed by atoms with van der Waals surface area (Å²) in [5.74, 6) is 0.101. The fourth-order valence-electron chi connectivity index (χ4n) is 2.61. The number of aromatic nitrogens is 1. The van der Waals surface area contributed by atoms with Crippen molar-refractivity contribution in [2.24, 2.45) is 0 Å². The zero-order chi connectivity index (χ0) is 15.9. The number of hydrogen-bond donors (Lipinski definition) is 1. The predicted molar refractivity (Wildman–Crippen MR) is 93.9 cm³/mol. The molecule has 1 rings (SSSR count). The van der Waals surface area contributed by atoms with Gasteiger partial charge in [-0.3, -0.25) is 9.78 Å². The molecule has 124 valence electrons. The van der Waals surface area contributed by atoms with Gasteiger partial charge in [-0.25, -0.2) is 0 Å². The van der Waals surface area contributed by atoms with Crippen molar-refractivity contribution in [3.05, 3.63) is 24.5 Å². The number of pyridine rings is 1. The van der Waals surface area contributed by atoms with Gasteiger partial charge in [-0.05, 0) is 18.6 Å². The highest BCUT2D eigenvalue weighted by molar-refractivity contribution is 5.90. The molecule has 1 N–H and O–H groups in total. The van der Waals surface area contributed by atoms with Gasteiger partial charge in [0.25, 0.3) is 0 Å². The lowest BCUT2D eigenvalue weighted by atomic mass is 10.1. The Bertz CT molecular complexity index is 378. The quantitative estimate of drug-likeness (QED) is 0.473. The second-order valence-electron chi connectivity index (χ2n) is 6.08. The van der Waals surface area contributed by atoms with Crippen molar-refractivity contribution in [3.8, 4) is 0 Å². The van der Waals surface area contributed by atoms with E-state index in [9.17, 15) is 4.79 Å². The van der Waals surface area contributed by atoms with E-state index in [0.29, 0.717) is 6.42 Å². The summed E-state index contributed by atoms with van der Waals surface area (Å²) < 4.78 is 0. The Labute approximate surface area is 135 Å². The fourth-order valence-corrected chi connectivity index (χ4v) is 2.61. The number of hydrogen-bond acceptors (Lipinski definition) is 2. The van der Waals surface area contributed by atoms with Gasteiger partial charge in [0.2, 0.25) is 5.91 Å². The van der Waals surface area contributed by atoms with Crippen LogP contribution in [0.2, 0.25) is 0 Å². The van der Waals surface area contributed by atoms with Crippen molar-refractivity contribution in [1.82, 2.24) is 4.98 Å². The number of rotatable bonds is 13. The largest absolute Gasteiger partial charge is 0.325 e. The zero-order valence-corrected chi connectivity index (χ0v) is 14.2. The molecule has 0 aliphatic carbocycles. The Morgan fingerprint density at radius 2 is 1.55 bits per heavy atom. The summed E-state index contributed by atoms with van der Waals surface area (Å²) in [5.41, 5.74) is 0.788. The summed E-state index contributed by atoms with van der Waals surface area (Å²) >= 11 is 0. The smallest absolute Gasteiger partial charge is 0.224 e. The topological polar surface area (TPSA) is 42.0 Å². The Morgan fingerprint density at radius 1 is 0.955 bits per heavy atom. The first-order chi connectivity index (χ1) is 10.8. The fraction of sp³-hybridized carbons (Fsp3) is 0.684. The number of carbonyl (C=O) groups is 1. The normalized spacial score (nSPS) is 10.6. The molecule has 0 atom stereocenters. The minimum absolute atomic E-state index is 0.101. The first kappa shape index (κ1) is 18.7. The number of anilines is 1. The maximum atomic E-state index is 11.7. The van der Waals surface area contributed by atoms with Crippen molar-refractivity contribution < 1.29 is 4.79 Å². The average Bonchev–Trinajstić information content (AvgIpc) is 2.53. The van der Waals surface area contributed by atoms with Crippen LogP contribution in [0.15, 0.2) is 24.5 Å². The second-order valence-corrected chi connectivity index (χ2v) is 6.08. The van der Waals surface area contributed by atoms with E-state index in [2.05, 4.69) is 17.2 Å².